The zero-order valence-electron chi connectivity index (χ0n) is 22.8. The van der Waals surface area contributed by atoms with Crippen LogP contribution in [-0.2, 0) is 20.4 Å². The Morgan fingerprint density at radius 1 is 1.11 bits per heavy atom. The van der Waals surface area contributed by atoms with Crippen LogP contribution in [-0.4, -0.2) is 50.3 Å². The van der Waals surface area contributed by atoms with Crippen molar-refractivity contribution in [1.82, 2.24) is 10.6 Å². The fourth-order valence-corrected chi connectivity index (χ4v) is 5.61. The van der Waals surface area contributed by atoms with Gasteiger partial charge in [0.2, 0.25) is 11.8 Å². The maximum absolute atomic E-state index is 13.5. The van der Waals surface area contributed by atoms with E-state index >= 15 is 0 Å². The number of methoxy groups -OCH3 is 1. The largest absolute Gasteiger partial charge is 0.497 e. The summed E-state index contributed by atoms with van der Waals surface area (Å²) in [4.78, 5) is 26.0. The number of halogens is 1. The van der Waals surface area contributed by atoms with Crippen molar-refractivity contribution >= 4 is 36.1 Å². The average molecular weight is 570 g/mol. The van der Waals surface area contributed by atoms with Gasteiger partial charge in [0.1, 0.15) is 11.3 Å². The van der Waals surface area contributed by atoms with Crippen molar-refractivity contribution in [1.29, 1.82) is 0 Å². The first-order valence-electron chi connectivity index (χ1n) is 12.8. The minimum absolute atomic E-state index is 0.0531. The van der Waals surface area contributed by atoms with Gasteiger partial charge in [-0.2, -0.15) is 0 Å². The molecule has 2 amide bonds. The van der Waals surface area contributed by atoms with Gasteiger partial charge in [0.15, 0.2) is 8.32 Å². The number of ether oxygens (including phenoxy) is 1. The fourth-order valence-electron chi connectivity index (χ4n) is 4.14. The number of carbonyl (C=O) groups excluding carboxylic acids is 2. The predicted octanol–water partition coefficient (Wildman–Crippen LogP) is 5.59. The Bertz CT molecular complexity index is 846. The first-order chi connectivity index (χ1) is 16.2. The summed E-state index contributed by atoms with van der Waals surface area (Å²) in [6, 6.07) is 7.99. The molecule has 0 bridgehead atoms. The van der Waals surface area contributed by atoms with E-state index in [0.717, 1.165) is 24.2 Å². The Labute approximate surface area is 221 Å². The van der Waals surface area contributed by atoms with E-state index in [9.17, 15) is 9.59 Å². The lowest BCUT2D eigenvalue weighted by Gasteiger charge is -2.40. The number of hydrogen-bond donors (Lipinski definition) is 2. The summed E-state index contributed by atoms with van der Waals surface area (Å²) in [7, 11) is -0.410. The third-order valence-electron chi connectivity index (χ3n) is 7.47. The van der Waals surface area contributed by atoms with E-state index in [1.165, 1.54) is 0 Å². The van der Waals surface area contributed by atoms with Gasteiger partial charge in [0.05, 0.1) is 18.0 Å². The third kappa shape index (κ3) is 8.05. The summed E-state index contributed by atoms with van der Waals surface area (Å²) in [5, 5.41) is 6.30. The van der Waals surface area contributed by atoms with Crippen molar-refractivity contribution in [2.24, 2.45) is 5.92 Å². The van der Waals surface area contributed by atoms with Gasteiger partial charge in [-0.15, -0.1) is 0 Å². The molecule has 1 aliphatic rings. The van der Waals surface area contributed by atoms with Gasteiger partial charge in [-0.1, -0.05) is 75.5 Å². The topological polar surface area (TPSA) is 76.7 Å². The van der Waals surface area contributed by atoms with Crippen LogP contribution in [0.25, 0.3) is 0 Å². The summed E-state index contributed by atoms with van der Waals surface area (Å²) >= 11 is 3.48. The van der Waals surface area contributed by atoms with Crippen molar-refractivity contribution in [2.45, 2.75) is 101 Å². The fraction of sp³-hybridized carbons (Fsp3) is 0.704. The van der Waals surface area contributed by atoms with E-state index < -0.39 is 13.9 Å². The zero-order chi connectivity index (χ0) is 26.4. The predicted molar refractivity (Wildman–Crippen MR) is 149 cm³/mol. The summed E-state index contributed by atoms with van der Waals surface area (Å²) in [5.74, 6) is 0.729. The molecule has 0 saturated heterocycles. The minimum atomic E-state index is -2.07. The quantitative estimate of drug-likeness (QED) is 0.269. The van der Waals surface area contributed by atoms with E-state index in [1.54, 1.807) is 7.11 Å². The molecule has 8 heteroatoms. The van der Waals surface area contributed by atoms with Gasteiger partial charge in [-0.05, 0) is 61.0 Å². The number of alkyl halides is 1. The lowest BCUT2D eigenvalue weighted by atomic mass is 9.95. The number of hydrogen-bond acceptors (Lipinski definition) is 4. The first kappa shape index (κ1) is 29.8. The highest BCUT2D eigenvalue weighted by atomic mass is 79.9. The second-order valence-corrected chi connectivity index (χ2v) is 17.4. The molecule has 6 nitrogen and oxygen atoms in total. The lowest BCUT2D eigenvalue weighted by molar-refractivity contribution is -0.133. The Balaban J connectivity index is 2.17. The highest BCUT2D eigenvalue weighted by Crippen LogP contribution is 2.38. The Hall–Kier alpha value is -1.38. The molecule has 2 atom stereocenters. The van der Waals surface area contributed by atoms with Crippen molar-refractivity contribution in [2.75, 3.05) is 13.7 Å². The molecule has 0 spiro atoms. The number of rotatable bonds is 11. The highest BCUT2D eigenvalue weighted by Gasteiger charge is 2.44. The molecule has 1 fully saturated rings. The zero-order valence-corrected chi connectivity index (χ0v) is 25.4. The smallest absolute Gasteiger partial charge is 0.245 e. The molecular weight excluding hydrogens is 524 g/mol. The van der Waals surface area contributed by atoms with Crippen LogP contribution in [0.5, 0.6) is 5.75 Å². The molecule has 0 radical (unpaired) electrons. The monoisotopic (exact) mass is 568 g/mol. The summed E-state index contributed by atoms with van der Waals surface area (Å²) in [5.41, 5.74) is 0.284. The van der Waals surface area contributed by atoms with Gasteiger partial charge in [0.25, 0.3) is 0 Å². The van der Waals surface area contributed by atoms with E-state index in [2.05, 4.69) is 60.4 Å². The Morgan fingerprint density at radius 2 is 1.69 bits per heavy atom. The van der Waals surface area contributed by atoms with Crippen molar-refractivity contribution in [3.05, 3.63) is 29.8 Å². The molecule has 2 rings (SSSR count). The molecular formula is C27H45BrN2O4Si. The molecule has 35 heavy (non-hydrogen) atoms. The second-order valence-electron chi connectivity index (χ2n) is 11.7. The molecule has 0 heterocycles. The number of carbonyl (C=O) groups is 2. The standard InChI is InChI=1S/C27H45BrN2O4Si/c1-19(2)23(28)24(31)30-27(15-9-10-16-27)25(32)29-18-22(34-35(7,8)26(3,4)5)17-20-11-13-21(33-6)14-12-20/h11-14,19,22-23H,9-10,15-18H2,1-8H3,(H,29,32)(H,30,31)/t22?,23-/m0/s1. The van der Waals surface area contributed by atoms with E-state index in [0.29, 0.717) is 25.8 Å². The first-order valence-corrected chi connectivity index (χ1v) is 16.6. The normalized spacial score (nSPS) is 17.7. The number of nitrogens with one attached hydrogen (secondary N) is 2. The summed E-state index contributed by atoms with van der Waals surface area (Å²) < 4.78 is 12.0. The average Bonchev–Trinajstić information content (AvgIpc) is 3.25. The van der Waals surface area contributed by atoms with Crippen LogP contribution in [0.4, 0.5) is 0 Å². The molecule has 0 aliphatic heterocycles. The van der Waals surface area contributed by atoms with Crippen molar-refractivity contribution in [3.8, 4) is 5.75 Å². The molecule has 1 aromatic rings. The van der Waals surface area contributed by atoms with Crippen molar-refractivity contribution < 1.29 is 18.8 Å². The van der Waals surface area contributed by atoms with Gasteiger partial charge < -0.3 is 19.8 Å². The van der Waals surface area contributed by atoms with E-state index in [1.807, 2.05) is 38.1 Å². The maximum Gasteiger partial charge on any atom is 0.245 e. The molecule has 1 unspecified atom stereocenters. The van der Waals surface area contributed by atoms with E-state index in [-0.39, 0.29) is 33.7 Å². The van der Waals surface area contributed by atoms with Gasteiger partial charge in [0, 0.05) is 6.54 Å². The van der Waals surface area contributed by atoms with Crippen LogP contribution in [0, 0.1) is 5.92 Å². The Kier molecular flexibility index (Phi) is 10.4. The highest BCUT2D eigenvalue weighted by molar-refractivity contribution is 9.10. The van der Waals surface area contributed by atoms with E-state index in [4.69, 9.17) is 9.16 Å². The summed E-state index contributed by atoms with van der Waals surface area (Å²) in [6.07, 6.45) is 3.70. The SMILES string of the molecule is COc1ccc(CC(CNC(=O)C2(NC(=O)[C@@H](Br)C(C)C)CCCC2)O[Si](C)(C)C(C)(C)C)cc1. The molecule has 2 N–H and O–H groups in total. The number of amides is 2. The second kappa shape index (κ2) is 12.2. The van der Waals surface area contributed by atoms with Crippen LogP contribution < -0.4 is 15.4 Å². The number of benzene rings is 1. The van der Waals surface area contributed by atoms with Gasteiger partial charge >= 0.3 is 0 Å². The molecule has 1 saturated carbocycles. The van der Waals surface area contributed by atoms with Gasteiger partial charge in [-0.3, -0.25) is 9.59 Å². The van der Waals surface area contributed by atoms with Gasteiger partial charge in [-0.25, -0.2) is 0 Å². The van der Waals surface area contributed by atoms with Crippen LogP contribution >= 0.6 is 15.9 Å². The van der Waals surface area contributed by atoms with Crippen LogP contribution in [0.3, 0.4) is 0 Å². The third-order valence-corrected chi connectivity index (χ3v) is 13.5. The lowest BCUT2D eigenvalue weighted by Crippen LogP contribution is -2.60. The molecule has 1 aliphatic carbocycles. The molecule has 198 valence electrons. The minimum Gasteiger partial charge on any atom is -0.497 e. The van der Waals surface area contributed by atoms with Crippen molar-refractivity contribution in [3.63, 3.8) is 0 Å². The van der Waals surface area contributed by atoms with Crippen LogP contribution in [0.15, 0.2) is 24.3 Å². The molecule has 1 aromatic carbocycles. The maximum atomic E-state index is 13.5. The Morgan fingerprint density at radius 3 is 2.17 bits per heavy atom. The van der Waals surface area contributed by atoms with Crippen LogP contribution in [0.1, 0.15) is 65.9 Å². The molecule has 0 aromatic heterocycles. The van der Waals surface area contributed by atoms with Crippen LogP contribution in [0.2, 0.25) is 18.1 Å². The summed E-state index contributed by atoms with van der Waals surface area (Å²) in [6.45, 7) is 15.5.